The van der Waals surface area contributed by atoms with E-state index in [0.29, 0.717) is 9.35 Å². The summed E-state index contributed by atoms with van der Waals surface area (Å²) in [6.45, 7) is 0. The average Bonchev–Trinajstić information content (AvgIpc) is 1.88. The minimum atomic E-state index is -1.02. The standard InChI is InChI=1S/C6H6BrNOS/c1-2-5(9)4(3-8)6(7)10/h1,3,5,9H,8H2. The molecule has 54 valence electrons. The number of hydrogen-bond acceptors (Lipinski definition) is 3. The van der Waals surface area contributed by atoms with Gasteiger partial charge in [0.2, 0.25) is 0 Å². The molecule has 0 aromatic heterocycles. The molecule has 1 unspecified atom stereocenters. The van der Waals surface area contributed by atoms with Gasteiger partial charge in [0.1, 0.15) is 6.10 Å². The summed E-state index contributed by atoms with van der Waals surface area (Å²) >= 11 is 7.64. The van der Waals surface area contributed by atoms with Crippen LogP contribution in [0.2, 0.25) is 0 Å². The Morgan fingerprint density at radius 2 is 2.40 bits per heavy atom. The lowest BCUT2D eigenvalue weighted by molar-refractivity contribution is 0.275. The van der Waals surface area contributed by atoms with Crippen molar-refractivity contribution in [2.75, 3.05) is 0 Å². The van der Waals surface area contributed by atoms with E-state index in [2.05, 4.69) is 34.1 Å². The quantitative estimate of drug-likeness (QED) is 0.309. The van der Waals surface area contributed by atoms with Crippen LogP contribution < -0.4 is 5.73 Å². The van der Waals surface area contributed by atoms with Gasteiger partial charge in [0.05, 0.1) is 3.77 Å². The Balaban J connectivity index is 4.42. The van der Waals surface area contributed by atoms with Crippen LogP contribution >= 0.6 is 28.1 Å². The van der Waals surface area contributed by atoms with Crippen LogP contribution in [0.4, 0.5) is 0 Å². The van der Waals surface area contributed by atoms with E-state index in [0.717, 1.165) is 0 Å². The van der Waals surface area contributed by atoms with Crippen molar-refractivity contribution in [3.63, 3.8) is 0 Å². The van der Waals surface area contributed by atoms with Crippen molar-refractivity contribution in [3.05, 3.63) is 11.8 Å². The summed E-state index contributed by atoms with van der Waals surface area (Å²) < 4.78 is 0.334. The number of aliphatic hydroxyl groups is 1. The Morgan fingerprint density at radius 3 is 2.50 bits per heavy atom. The van der Waals surface area contributed by atoms with Crippen molar-refractivity contribution in [2.45, 2.75) is 6.10 Å². The van der Waals surface area contributed by atoms with Gasteiger partial charge < -0.3 is 10.8 Å². The largest absolute Gasteiger partial charge is 0.404 e. The third-order valence-corrected chi connectivity index (χ3v) is 1.55. The van der Waals surface area contributed by atoms with Gasteiger partial charge in [0.25, 0.3) is 0 Å². The zero-order valence-electron chi connectivity index (χ0n) is 5.04. The third-order valence-electron chi connectivity index (χ3n) is 0.859. The van der Waals surface area contributed by atoms with E-state index < -0.39 is 6.10 Å². The second kappa shape index (κ2) is 4.45. The summed E-state index contributed by atoms with van der Waals surface area (Å²) in [5.41, 5.74) is 5.46. The first kappa shape index (κ1) is 9.63. The molecule has 0 saturated heterocycles. The topological polar surface area (TPSA) is 46.2 Å². The van der Waals surface area contributed by atoms with Gasteiger partial charge >= 0.3 is 0 Å². The Labute approximate surface area is 73.2 Å². The highest BCUT2D eigenvalue weighted by atomic mass is 79.9. The average molecular weight is 220 g/mol. The van der Waals surface area contributed by atoms with E-state index >= 15 is 0 Å². The molecule has 0 spiro atoms. The van der Waals surface area contributed by atoms with Crippen molar-refractivity contribution in [2.24, 2.45) is 5.73 Å². The van der Waals surface area contributed by atoms with Crippen LogP contribution in [0.3, 0.4) is 0 Å². The molecule has 0 aromatic rings. The molecule has 4 heteroatoms. The van der Waals surface area contributed by atoms with E-state index in [9.17, 15) is 0 Å². The molecule has 0 heterocycles. The Bertz CT molecular complexity index is 206. The van der Waals surface area contributed by atoms with E-state index in [4.69, 9.17) is 17.3 Å². The van der Waals surface area contributed by atoms with Gasteiger partial charge in [0, 0.05) is 11.8 Å². The molecular formula is C6H6BrNOS. The number of terminal acetylenes is 1. The van der Waals surface area contributed by atoms with Crippen molar-refractivity contribution >= 4 is 31.9 Å². The van der Waals surface area contributed by atoms with E-state index in [1.807, 2.05) is 0 Å². The first-order chi connectivity index (χ1) is 4.63. The van der Waals surface area contributed by atoms with E-state index in [-0.39, 0.29) is 0 Å². The monoisotopic (exact) mass is 219 g/mol. The first-order valence-corrected chi connectivity index (χ1v) is 3.59. The second-order valence-electron chi connectivity index (χ2n) is 1.46. The van der Waals surface area contributed by atoms with E-state index in [1.54, 1.807) is 0 Å². The van der Waals surface area contributed by atoms with Crippen LogP contribution in [0.5, 0.6) is 0 Å². The lowest BCUT2D eigenvalue weighted by Gasteiger charge is -2.03. The summed E-state index contributed by atoms with van der Waals surface area (Å²) in [6.07, 6.45) is 5.07. The molecule has 0 amide bonds. The van der Waals surface area contributed by atoms with Gasteiger partial charge in [-0.15, -0.1) is 6.42 Å². The highest BCUT2D eigenvalue weighted by molar-refractivity contribution is 9.20. The maximum atomic E-state index is 8.99. The van der Waals surface area contributed by atoms with Crippen LogP contribution in [0, 0.1) is 12.3 Å². The summed E-state index contributed by atoms with van der Waals surface area (Å²) in [5, 5.41) is 8.99. The van der Waals surface area contributed by atoms with Gasteiger partial charge in [-0.25, -0.2) is 0 Å². The SMILES string of the molecule is C#CC(O)C(=CN)C(=S)Br. The molecule has 0 aliphatic carbocycles. The summed E-state index contributed by atoms with van der Waals surface area (Å²) in [4.78, 5) is 0. The number of nitrogens with two attached hydrogens (primary N) is 1. The molecule has 0 fully saturated rings. The molecule has 0 saturated carbocycles. The molecule has 0 rings (SSSR count). The molecule has 10 heavy (non-hydrogen) atoms. The Morgan fingerprint density at radius 1 is 1.90 bits per heavy atom. The third kappa shape index (κ3) is 2.48. The van der Waals surface area contributed by atoms with Crippen molar-refractivity contribution < 1.29 is 5.11 Å². The minimum absolute atomic E-state index is 0.334. The zero-order chi connectivity index (χ0) is 8.15. The Hall–Kier alpha value is -0.370. The van der Waals surface area contributed by atoms with Crippen LogP contribution in [-0.2, 0) is 0 Å². The highest BCUT2D eigenvalue weighted by Gasteiger charge is 2.08. The number of halogens is 1. The molecule has 3 N–H and O–H groups in total. The van der Waals surface area contributed by atoms with Crippen LogP contribution in [0.1, 0.15) is 0 Å². The second-order valence-corrected chi connectivity index (χ2v) is 3.19. The number of rotatable bonds is 2. The van der Waals surface area contributed by atoms with E-state index in [1.165, 1.54) is 6.20 Å². The smallest absolute Gasteiger partial charge is 0.143 e. The van der Waals surface area contributed by atoms with Crippen LogP contribution in [0.15, 0.2) is 11.8 Å². The highest BCUT2D eigenvalue weighted by Crippen LogP contribution is 2.07. The van der Waals surface area contributed by atoms with Crippen LogP contribution in [-0.4, -0.2) is 15.0 Å². The van der Waals surface area contributed by atoms with Crippen molar-refractivity contribution in [1.82, 2.24) is 0 Å². The Kier molecular flexibility index (Phi) is 4.28. The zero-order valence-corrected chi connectivity index (χ0v) is 7.45. The van der Waals surface area contributed by atoms with Crippen LogP contribution in [0.25, 0.3) is 0 Å². The predicted octanol–water partition coefficient (Wildman–Crippen LogP) is 0.545. The van der Waals surface area contributed by atoms with Gasteiger partial charge in [-0.05, 0) is 15.9 Å². The lowest BCUT2D eigenvalue weighted by Crippen LogP contribution is -2.12. The van der Waals surface area contributed by atoms with Gasteiger partial charge in [-0.2, -0.15) is 0 Å². The van der Waals surface area contributed by atoms with Gasteiger partial charge in [-0.1, -0.05) is 18.1 Å². The summed E-state index contributed by atoms with van der Waals surface area (Å²) in [5.74, 6) is 2.09. The molecule has 2 nitrogen and oxygen atoms in total. The van der Waals surface area contributed by atoms with Gasteiger partial charge in [0.15, 0.2) is 0 Å². The first-order valence-electron chi connectivity index (χ1n) is 2.39. The van der Waals surface area contributed by atoms with Crippen molar-refractivity contribution in [3.8, 4) is 12.3 Å². The fraction of sp³-hybridized carbons (Fsp3) is 0.167. The van der Waals surface area contributed by atoms with Crippen molar-refractivity contribution in [1.29, 1.82) is 0 Å². The molecule has 0 bridgehead atoms. The molecule has 0 radical (unpaired) electrons. The molecule has 0 aliphatic rings. The molecule has 0 aromatic carbocycles. The molecule has 1 atom stereocenters. The fourth-order valence-corrected chi connectivity index (χ4v) is 0.883. The normalized spacial score (nSPS) is 13.9. The van der Waals surface area contributed by atoms with Gasteiger partial charge in [-0.3, -0.25) is 0 Å². The minimum Gasteiger partial charge on any atom is -0.404 e. The maximum absolute atomic E-state index is 8.99. The molecular weight excluding hydrogens is 214 g/mol. The number of hydrogen-bond donors (Lipinski definition) is 2. The summed E-state index contributed by atoms with van der Waals surface area (Å²) in [7, 11) is 0. The summed E-state index contributed by atoms with van der Waals surface area (Å²) in [6, 6.07) is 0. The predicted molar refractivity (Wildman–Crippen MR) is 48.6 cm³/mol. The molecule has 0 aliphatic heterocycles. The lowest BCUT2D eigenvalue weighted by atomic mass is 10.2. The maximum Gasteiger partial charge on any atom is 0.143 e. The number of thiocarbonyl (C=S) groups is 1. The number of aliphatic hydroxyl groups excluding tert-OH is 1. The fourth-order valence-electron chi connectivity index (χ4n) is 0.354.